The molecule has 1 aromatic heterocycles. The van der Waals surface area contributed by atoms with Gasteiger partial charge in [0.25, 0.3) is 0 Å². The Bertz CT molecular complexity index is 1150. The molecular weight excluding hydrogens is 434 g/mol. The van der Waals surface area contributed by atoms with E-state index < -0.39 is 0 Å². The summed E-state index contributed by atoms with van der Waals surface area (Å²) in [6, 6.07) is 8.09. The van der Waals surface area contributed by atoms with Crippen LogP contribution in [0.4, 0.5) is 10.8 Å². The molecule has 166 valence electrons. The van der Waals surface area contributed by atoms with E-state index in [4.69, 9.17) is 14.2 Å². The molecule has 2 amide bonds. The fourth-order valence-corrected chi connectivity index (χ4v) is 3.76. The van der Waals surface area contributed by atoms with Gasteiger partial charge in [-0.2, -0.15) is 0 Å². The molecule has 0 atom stereocenters. The van der Waals surface area contributed by atoms with Crippen LogP contribution in [-0.4, -0.2) is 44.4 Å². The molecule has 0 aliphatic carbocycles. The Morgan fingerprint density at radius 2 is 1.72 bits per heavy atom. The number of methoxy groups -OCH3 is 3. The third-order valence-electron chi connectivity index (χ3n) is 4.48. The van der Waals surface area contributed by atoms with Crippen molar-refractivity contribution in [2.75, 3.05) is 32.0 Å². The lowest BCUT2D eigenvalue weighted by molar-refractivity contribution is -0.114. The van der Waals surface area contributed by atoms with Crippen LogP contribution in [-0.2, 0) is 9.59 Å². The quantitative estimate of drug-likeness (QED) is 0.374. The highest BCUT2D eigenvalue weighted by Gasteiger charge is 2.21. The van der Waals surface area contributed by atoms with Crippen molar-refractivity contribution in [2.24, 2.45) is 0 Å². The van der Waals surface area contributed by atoms with E-state index in [2.05, 4.69) is 15.6 Å². The number of ketones is 1. The number of hydrogen-bond donors (Lipinski definition) is 2. The maximum atomic E-state index is 13.5. The molecule has 0 bridgehead atoms. The zero-order valence-corrected chi connectivity index (χ0v) is 18.7. The second-order valence-corrected chi connectivity index (χ2v) is 7.34. The van der Waals surface area contributed by atoms with Crippen LogP contribution in [0.2, 0.25) is 0 Å². The Balaban J connectivity index is 2.12. The monoisotopic (exact) mass is 455 g/mol. The Labute approximate surface area is 188 Å². The molecule has 2 aromatic carbocycles. The standard InChI is InChI=1S/C22H21N3O6S/c1-12(27)24-16-6-5-13(17-10-32-22(25-17)23-11-26)7-15(16)20(28)14-8-18(29-2)21(31-4)19(9-14)30-3/h5-11H,1-4H3,(H,24,27)(H,23,25,26). The van der Waals surface area contributed by atoms with Crippen molar-refractivity contribution in [3.05, 3.63) is 46.8 Å². The largest absolute Gasteiger partial charge is 0.493 e. The molecule has 0 saturated heterocycles. The first kappa shape index (κ1) is 22.8. The molecule has 3 aromatic rings. The molecule has 2 N–H and O–H groups in total. The molecule has 0 radical (unpaired) electrons. The van der Waals surface area contributed by atoms with E-state index in [9.17, 15) is 14.4 Å². The summed E-state index contributed by atoms with van der Waals surface area (Å²) < 4.78 is 16.0. The average Bonchev–Trinajstić information content (AvgIpc) is 3.26. The molecule has 0 fully saturated rings. The predicted octanol–water partition coefficient (Wildman–Crippen LogP) is 3.59. The van der Waals surface area contributed by atoms with Gasteiger partial charge in [-0.15, -0.1) is 11.3 Å². The number of nitrogens with zero attached hydrogens (tertiary/aromatic N) is 1. The lowest BCUT2D eigenvalue weighted by Crippen LogP contribution is -2.12. The van der Waals surface area contributed by atoms with Crippen molar-refractivity contribution >= 4 is 40.3 Å². The van der Waals surface area contributed by atoms with Crippen LogP contribution in [0.3, 0.4) is 0 Å². The molecule has 32 heavy (non-hydrogen) atoms. The first-order chi connectivity index (χ1) is 15.4. The smallest absolute Gasteiger partial charge is 0.221 e. The summed E-state index contributed by atoms with van der Waals surface area (Å²) in [5.74, 6) is 0.340. The Kier molecular flexibility index (Phi) is 7.06. The normalized spacial score (nSPS) is 10.2. The van der Waals surface area contributed by atoms with Crippen LogP contribution in [0, 0.1) is 0 Å². The minimum atomic E-state index is -0.365. The van der Waals surface area contributed by atoms with Gasteiger partial charge in [-0.25, -0.2) is 4.98 Å². The third kappa shape index (κ3) is 4.70. The van der Waals surface area contributed by atoms with E-state index in [1.165, 1.54) is 39.6 Å². The molecule has 0 aliphatic heterocycles. The Hall–Kier alpha value is -3.92. The number of nitrogens with one attached hydrogen (secondary N) is 2. The summed E-state index contributed by atoms with van der Waals surface area (Å²) >= 11 is 1.25. The lowest BCUT2D eigenvalue weighted by Gasteiger charge is -2.15. The van der Waals surface area contributed by atoms with E-state index in [-0.39, 0.29) is 22.8 Å². The van der Waals surface area contributed by atoms with Gasteiger partial charge in [0.2, 0.25) is 18.1 Å². The molecule has 3 rings (SSSR count). The number of hydrogen-bond acceptors (Lipinski definition) is 8. The topological polar surface area (TPSA) is 116 Å². The van der Waals surface area contributed by atoms with E-state index in [0.29, 0.717) is 45.7 Å². The van der Waals surface area contributed by atoms with Crippen molar-refractivity contribution in [1.82, 2.24) is 4.98 Å². The number of carbonyl (C=O) groups is 3. The predicted molar refractivity (Wildman–Crippen MR) is 121 cm³/mol. The van der Waals surface area contributed by atoms with Crippen LogP contribution in [0.5, 0.6) is 17.2 Å². The number of ether oxygens (including phenoxy) is 3. The minimum Gasteiger partial charge on any atom is -0.493 e. The molecule has 10 heteroatoms. The molecule has 0 unspecified atom stereocenters. The minimum absolute atomic E-state index is 0.255. The number of aromatic nitrogens is 1. The van der Waals surface area contributed by atoms with E-state index in [1.54, 1.807) is 35.7 Å². The Morgan fingerprint density at radius 1 is 1.03 bits per heavy atom. The summed E-state index contributed by atoms with van der Waals surface area (Å²) in [5.41, 5.74) is 2.11. The summed E-state index contributed by atoms with van der Waals surface area (Å²) in [5, 5.41) is 7.37. The van der Waals surface area contributed by atoms with Crippen LogP contribution in [0.1, 0.15) is 22.8 Å². The highest BCUT2D eigenvalue weighted by Crippen LogP contribution is 2.39. The van der Waals surface area contributed by atoms with Gasteiger partial charge >= 0.3 is 0 Å². The fraction of sp³-hybridized carbons (Fsp3) is 0.182. The second kappa shape index (κ2) is 9.92. The molecule has 9 nitrogen and oxygen atoms in total. The first-order valence-electron chi connectivity index (χ1n) is 9.34. The summed E-state index contributed by atoms with van der Waals surface area (Å²) in [6.45, 7) is 1.36. The summed E-state index contributed by atoms with van der Waals surface area (Å²) in [4.78, 5) is 40.2. The highest BCUT2D eigenvalue weighted by molar-refractivity contribution is 7.14. The van der Waals surface area contributed by atoms with Crippen molar-refractivity contribution in [3.63, 3.8) is 0 Å². The second-order valence-electron chi connectivity index (χ2n) is 6.48. The van der Waals surface area contributed by atoms with Crippen LogP contribution in [0.15, 0.2) is 35.7 Å². The number of anilines is 2. The Morgan fingerprint density at radius 3 is 2.28 bits per heavy atom. The van der Waals surface area contributed by atoms with Crippen LogP contribution >= 0.6 is 11.3 Å². The first-order valence-corrected chi connectivity index (χ1v) is 10.2. The van der Waals surface area contributed by atoms with Gasteiger partial charge < -0.3 is 24.8 Å². The molecular formula is C22H21N3O6S. The molecule has 1 heterocycles. The van der Waals surface area contributed by atoms with Gasteiger partial charge in [0.15, 0.2) is 22.4 Å². The van der Waals surface area contributed by atoms with Crippen molar-refractivity contribution in [3.8, 4) is 28.5 Å². The number of thiazole rings is 1. The van der Waals surface area contributed by atoms with Gasteiger partial charge in [0, 0.05) is 29.0 Å². The van der Waals surface area contributed by atoms with E-state index in [1.807, 2.05) is 0 Å². The summed E-state index contributed by atoms with van der Waals surface area (Å²) in [6.07, 6.45) is 0.544. The SMILES string of the molecule is COc1cc(C(=O)c2cc(-c3csc(NC=O)n3)ccc2NC(C)=O)cc(OC)c1OC. The van der Waals surface area contributed by atoms with Gasteiger partial charge in [-0.05, 0) is 24.3 Å². The van der Waals surface area contributed by atoms with Gasteiger partial charge in [-0.1, -0.05) is 6.07 Å². The van der Waals surface area contributed by atoms with Crippen molar-refractivity contribution in [2.45, 2.75) is 6.92 Å². The van der Waals surface area contributed by atoms with Crippen LogP contribution < -0.4 is 24.8 Å². The maximum Gasteiger partial charge on any atom is 0.221 e. The average molecular weight is 455 g/mol. The fourth-order valence-electron chi connectivity index (χ4n) is 3.08. The zero-order chi connectivity index (χ0) is 23.3. The van der Waals surface area contributed by atoms with Gasteiger partial charge in [-0.3, -0.25) is 14.4 Å². The van der Waals surface area contributed by atoms with Gasteiger partial charge in [0.05, 0.1) is 32.7 Å². The molecule has 0 saturated carbocycles. The maximum absolute atomic E-state index is 13.5. The molecule has 0 spiro atoms. The third-order valence-corrected chi connectivity index (χ3v) is 5.26. The summed E-state index contributed by atoms with van der Waals surface area (Å²) in [7, 11) is 4.39. The van der Waals surface area contributed by atoms with Crippen LogP contribution in [0.25, 0.3) is 11.3 Å². The number of rotatable bonds is 9. The zero-order valence-electron chi connectivity index (χ0n) is 17.8. The number of carbonyl (C=O) groups excluding carboxylic acids is 3. The molecule has 0 aliphatic rings. The van der Waals surface area contributed by atoms with Crippen molar-refractivity contribution in [1.29, 1.82) is 0 Å². The highest BCUT2D eigenvalue weighted by atomic mass is 32.1. The van der Waals surface area contributed by atoms with E-state index in [0.717, 1.165) is 0 Å². The number of benzene rings is 2. The van der Waals surface area contributed by atoms with E-state index >= 15 is 0 Å². The van der Waals surface area contributed by atoms with Gasteiger partial charge in [0.1, 0.15) is 0 Å². The lowest BCUT2D eigenvalue weighted by atomic mass is 9.97. The van der Waals surface area contributed by atoms with Crippen molar-refractivity contribution < 1.29 is 28.6 Å². The number of amides is 2.